The lowest BCUT2D eigenvalue weighted by atomic mass is 10.3. The summed E-state index contributed by atoms with van der Waals surface area (Å²) >= 11 is 0. The van der Waals surface area contributed by atoms with Crippen LogP contribution in [0.25, 0.3) is 11.0 Å². The maximum Gasteiger partial charge on any atom is 0.125 e. The molecule has 1 aromatic carbocycles. The van der Waals surface area contributed by atoms with Gasteiger partial charge in [0.05, 0.1) is 11.0 Å². The molecule has 1 aromatic heterocycles. The average molecular weight is 178 g/mol. The molecule has 0 bridgehead atoms. The molecule has 68 valence electrons. The number of hydrogen-bond acceptors (Lipinski definition) is 1. The number of hydrogen-bond donors (Lipinski definition) is 0. The van der Waals surface area contributed by atoms with E-state index < -0.39 is 0 Å². The summed E-state index contributed by atoms with van der Waals surface area (Å²) in [6.45, 7) is 4.78. The Labute approximate surface area is 76.0 Å². The van der Waals surface area contributed by atoms with Crippen molar-refractivity contribution in [1.82, 2.24) is 9.55 Å². The summed E-state index contributed by atoms with van der Waals surface area (Å²) in [7, 11) is 0. The Kier molecular flexibility index (Phi) is 1.79. The van der Waals surface area contributed by atoms with E-state index in [4.69, 9.17) is 0 Å². The van der Waals surface area contributed by atoms with Gasteiger partial charge in [0.15, 0.2) is 0 Å². The summed E-state index contributed by atoms with van der Waals surface area (Å²) in [5.74, 6) is 0.727. The van der Waals surface area contributed by atoms with Crippen LogP contribution in [0.1, 0.15) is 12.7 Å². The largest absolute Gasteiger partial charge is 0.328 e. The van der Waals surface area contributed by atoms with Gasteiger partial charge in [-0.25, -0.2) is 9.37 Å². The molecule has 13 heavy (non-hydrogen) atoms. The second-order valence-corrected chi connectivity index (χ2v) is 3.04. The van der Waals surface area contributed by atoms with E-state index >= 15 is 0 Å². The van der Waals surface area contributed by atoms with E-state index in [-0.39, 0.29) is 5.82 Å². The Morgan fingerprint density at radius 1 is 1.46 bits per heavy atom. The number of rotatable bonds is 1. The van der Waals surface area contributed by atoms with Gasteiger partial charge in [0.1, 0.15) is 11.6 Å². The highest BCUT2D eigenvalue weighted by Crippen LogP contribution is 2.16. The van der Waals surface area contributed by atoms with E-state index in [1.807, 2.05) is 18.4 Å². The Morgan fingerprint density at radius 3 is 2.92 bits per heavy atom. The highest BCUT2D eigenvalue weighted by atomic mass is 19.1. The number of imidazole rings is 1. The van der Waals surface area contributed by atoms with Gasteiger partial charge in [0.2, 0.25) is 0 Å². The lowest BCUT2D eigenvalue weighted by Gasteiger charge is -2.00. The molecule has 2 aromatic rings. The molecule has 1 heterocycles. The Balaban J connectivity index is 2.80. The van der Waals surface area contributed by atoms with Crippen molar-refractivity contribution in [2.45, 2.75) is 20.4 Å². The summed E-state index contributed by atoms with van der Waals surface area (Å²) in [5, 5.41) is 0. The molecule has 0 radical (unpaired) electrons. The third-order valence-electron chi connectivity index (χ3n) is 2.22. The summed E-state index contributed by atoms with van der Waals surface area (Å²) in [4.78, 5) is 4.32. The first-order valence-electron chi connectivity index (χ1n) is 4.34. The summed E-state index contributed by atoms with van der Waals surface area (Å²) in [6.07, 6.45) is 0. The van der Waals surface area contributed by atoms with Crippen LogP contribution in [0.3, 0.4) is 0 Å². The van der Waals surface area contributed by atoms with E-state index in [0.717, 1.165) is 23.4 Å². The molecule has 2 rings (SSSR count). The summed E-state index contributed by atoms with van der Waals surface area (Å²) in [5.41, 5.74) is 1.74. The SMILES string of the molecule is CCn1c(C)nc2ccc(F)cc21. The fourth-order valence-corrected chi connectivity index (χ4v) is 1.62. The van der Waals surface area contributed by atoms with Crippen molar-refractivity contribution in [3.8, 4) is 0 Å². The smallest absolute Gasteiger partial charge is 0.125 e. The minimum Gasteiger partial charge on any atom is -0.328 e. The molecule has 0 fully saturated rings. The van der Waals surface area contributed by atoms with Crippen molar-refractivity contribution in [2.24, 2.45) is 0 Å². The summed E-state index contributed by atoms with van der Waals surface area (Å²) in [6, 6.07) is 4.68. The van der Waals surface area contributed by atoms with Gasteiger partial charge in [-0.1, -0.05) is 0 Å². The number of benzene rings is 1. The molecule has 0 amide bonds. The lowest BCUT2D eigenvalue weighted by molar-refractivity contribution is 0.628. The van der Waals surface area contributed by atoms with E-state index in [1.165, 1.54) is 12.1 Å². The van der Waals surface area contributed by atoms with Crippen molar-refractivity contribution in [3.63, 3.8) is 0 Å². The van der Waals surface area contributed by atoms with Crippen LogP contribution >= 0.6 is 0 Å². The third-order valence-corrected chi connectivity index (χ3v) is 2.22. The van der Waals surface area contributed by atoms with Crippen molar-refractivity contribution < 1.29 is 4.39 Å². The predicted molar refractivity (Wildman–Crippen MR) is 50.1 cm³/mol. The number of nitrogens with zero attached hydrogens (tertiary/aromatic N) is 2. The quantitative estimate of drug-likeness (QED) is 0.656. The molecule has 0 aliphatic rings. The zero-order chi connectivity index (χ0) is 9.42. The fourth-order valence-electron chi connectivity index (χ4n) is 1.62. The van der Waals surface area contributed by atoms with Crippen molar-refractivity contribution in [3.05, 3.63) is 29.8 Å². The fraction of sp³-hybridized carbons (Fsp3) is 0.300. The molecule has 0 atom stereocenters. The van der Waals surface area contributed by atoms with Crippen LogP contribution in [-0.2, 0) is 6.54 Å². The highest BCUT2D eigenvalue weighted by molar-refractivity contribution is 5.75. The zero-order valence-corrected chi connectivity index (χ0v) is 7.71. The van der Waals surface area contributed by atoms with Gasteiger partial charge in [-0.2, -0.15) is 0 Å². The van der Waals surface area contributed by atoms with Crippen LogP contribution in [0.15, 0.2) is 18.2 Å². The average Bonchev–Trinajstić information content (AvgIpc) is 2.40. The molecule has 0 unspecified atom stereocenters. The molecule has 0 saturated carbocycles. The van der Waals surface area contributed by atoms with Crippen LogP contribution in [-0.4, -0.2) is 9.55 Å². The van der Waals surface area contributed by atoms with Crippen molar-refractivity contribution in [1.29, 1.82) is 0 Å². The topological polar surface area (TPSA) is 17.8 Å². The number of aromatic nitrogens is 2. The van der Waals surface area contributed by atoms with Gasteiger partial charge in [0.25, 0.3) is 0 Å². The van der Waals surface area contributed by atoms with Gasteiger partial charge in [-0.05, 0) is 32.0 Å². The lowest BCUT2D eigenvalue weighted by Crippen LogP contribution is -1.96. The standard InChI is InChI=1S/C10H11FN2/c1-3-13-7(2)12-9-5-4-8(11)6-10(9)13/h4-6H,3H2,1-2H3. The van der Waals surface area contributed by atoms with Crippen molar-refractivity contribution in [2.75, 3.05) is 0 Å². The first-order valence-corrected chi connectivity index (χ1v) is 4.34. The Morgan fingerprint density at radius 2 is 2.23 bits per heavy atom. The molecule has 0 aliphatic heterocycles. The number of fused-ring (bicyclic) bond motifs is 1. The van der Waals surface area contributed by atoms with E-state index in [2.05, 4.69) is 4.98 Å². The van der Waals surface area contributed by atoms with E-state index in [9.17, 15) is 4.39 Å². The van der Waals surface area contributed by atoms with Crippen LogP contribution in [0.2, 0.25) is 0 Å². The van der Waals surface area contributed by atoms with E-state index in [1.54, 1.807) is 6.07 Å². The second kappa shape index (κ2) is 2.83. The van der Waals surface area contributed by atoms with Gasteiger partial charge in [0, 0.05) is 6.54 Å². The van der Waals surface area contributed by atoms with Crippen LogP contribution in [0, 0.1) is 12.7 Å². The normalized spacial score (nSPS) is 11.0. The number of aryl methyl sites for hydroxylation is 2. The zero-order valence-electron chi connectivity index (χ0n) is 7.71. The van der Waals surface area contributed by atoms with Crippen LogP contribution in [0.5, 0.6) is 0 Å². The minimum absolute atomic E-state index is 0.206. The molecule has 0 N–H and O–H groups in total. The van der Waals surface area contributed by atoms with Gasteiger partial charge in [-0.3, -0.25) is 0 Å². The third kappa shape index (κ3) is 1.20. The Bertz CT molecular complexity index is 445. The molecule has 0 saturated heterocycles. The van der Waals surface area contributed by atoms with Gasteiger partial charge < -0.3 is 4.57 Å². The molecule has 0 aliphatic carbocycles. The predicted octanol–water partition coefficient (Wildman–Crippen LogP) is 2.50. The molecule has 3 heteroatoms. The number of halogens is 1. The molecular weight excluding hydrogens is 167 g/mol. The molecule has 0 spiro atoms. The van der Waals surface area contributed by atoms with Crippen LogP contribution in [0.4, 0.5) is 4.39 Å². The monoisotopic (exact) mass is 178 g/mol. The maximum atomic E-state index is 12.9. The Hall–Kier alpha value is -1.38. The van der Waals surface area contributed by atoms with Crippen molar-refractivity contribution >= 4 is 11.0 Å². The molecular formula is C10H11FN2. The van der Waals surface area contributed by atoms with Crippen LogP contribution < -0.4 is 0 Å². The first kappa shape index (κ1) is 8.23. The van der Waals surface area contributed by atoms with Gasteiger partial charge in [-0.15, -0.1) is 0 Å². The highest BCUT2D eigenvalue weighted by Gasteiger charge is 2.05. The maximum absolute atomic E-state index is 12.9. The minimum atomic E-state index is -0.206. The van der Waals surface area contributed by atoms with Gasteiger partial charge >= 0.3 is 0 Å². The van der Waals surface area contributed by atoms with E-state index in [0.29, 0.717) is 0 Å². The second-order valence-electron chi connectivity index (χ2n) is 3.04. The molecule has 2 nitrogen and oxygen atoms in total. The first-order chi connectivity index (χ1) is 6.22. The summed E-state index contributed by atoms with van der Waals surface area (Å²) < 4.78 is 14.9.